The van der Waals surface area contributed by atoms with E-state index in [1.54, 1.807) is 0 Å². The molecule has 0 aliphatic carbocycles. The van der Waals surface area contributed by atoms with E-state index in [4.69, 9.17) is 0 Å². The summed E-state index contributed by atoms with van der Waals surface area (Å²) in [5.74, 6) is -1.18. The summed E-state index contributed by atoms with van der Waals surface area (Å²) in [5.41, 5.74) is 5.28. The fraction of sp³-hybridized carbons (Fsp3) is 0.400. The van der Waals surface area contributed by atoms with Gasteiger partial charge in [-0.05, 0) is 43.9 Å². The number of hydrogen-bond donors (Lipinski definition) is 2. The van der Waals surface area contributed by atoms with Crippen LogP contribution in [-0.2, 0) is 4.79 Å². The highest BCUT2D eigenvalue weighted by atomic mass is 16.4. The Labute approximate surface area is 107 Å². The highest BCUT2D eigenvalue weighted by molar-refractivity contribution is 5.94. The molecule has 0 spiro atoms. The third kappa shape index (κ3) is 1.80. The zero-order valence-electron chi connectivity index (χ0n) is 11.3. The number of carbonyl (C=O) groups is 1. The molecule has 0 bridgehead atoms. The van der Waals surface area contributed by atoms with Gasteiger partial charge in [0.25, 0.3) is 0 Å². The zero-order valence-corrected chi connectivity index (χ0v) is 11.3. The predicted molar refractivity (Wildman–Crippen MR) is 73.2 cm³/mol. The zero-order chi connectivity index (χ0) is 13.4. The molecule has 2 rings (SSSR count). The summed E-state index contributed by atoms with van der Waals surface area (Å²) in [6.45, 7) is 7.96. The Balaban J connectivity index is 2.82. The van der Waals surface area contributed by atoms with Gasteiger partial charge in [0, 0.05) is 16.6 Å². The first-order valence-corrected chi connectivity index (χ1v) is 6.28. The van der Waals surface area contributed by atoms with Crippen molar-refractivity contribution < 1.29 is 9.90 Å². The van der Waals surface area contributed by atoms with Crippen LogP contribution in [-0.4, -0.2) is 16.1 Å². The molecule has 3 nitrogen and oxygen atoms in total. The Morgan fingerprint density at radius 3 is 2.44 bits per heavy atom. The molecule has 0 saturated heterocycles. The topological polar surface area (TPSA) is 53.1 Å². The molecule has 3 heteroatoms. The maximum atomic E-state index is 11.4. The molecule has 0 fully saturated rings. The van der Waals surface area contributed by atoms with Gasteiger partial charge in [0.2, 0.25) is 0 Å². The van der Waals surface area contributed by atoms with Crippen LogP contribution in [0, 0.1) is 20.8 Å². The van der Waals surface area contributed by atoms with Crippen LogP contribution in [0.4, 0.5) is 0 Å². The molecule has 0 saturated carbocycles. The molecule has 18 heavy (non-hydrogen) atoms. The van der Waals surface area contributed by atoms with Crippen LogP contribution in [0.5, 0.6) is 0 Å². The van der Waals surface area contributed by atoms with Gasteiger partial charge in [-0.2, -0.15) is 0 Å². The average molecular weight is 245 g/mol. The van der Waals surface area contributed by atoms with Crippen molar-refractivity contribution in [1.82, 2.24) is 4.98 Å². The number of hydrogen-bond acceptors (Lipinski definition) is 1. The summed E-state index contributed by atoms with van der Waals surface area (Å²) in [4.78, 5) is 14.7. The number of aromatic nitrogens is 1. The highest BCUT2D eigenvalue weighted by Gasteiger charge is 2.24. The Kier molecular flexibility index (Phi) is 3.16. The van der Waals surface area contributed by atoms with E-state index >= 15 is 0 Å². The largest absolute Gasteiger partial charge is 0.481 e. The van der Waals surface area contributed by atoms with Gasteiger partial charge in [0.15, 0.2) is 0 Å². The van der Waals surface area contributed by atoms with E-state index in [2.05, 4.69) is 17.1 Å². The van der Waals surface area contributed by atoms with Gasteiger partial charge in [-0.25, -0.2) is 0 Å². The Hall–Kier alpha value is -1.77. The van der Waals surface area contributed by atoms with Crippen molar-refractivity contribution >= 4 is 16.9 Å². The van der Waals surface area contributed by atoms with E-state index in [-0.39, 0.29) is 0 Å². The average Bonchev–Trinajstić information content (AvgIpc) is 2.64. The van der Waals surface area contributed by atoms with Crippen LogP contribution in [0.25, 0.3) is 10.9 Å². The molecule has 0 aliphatic heterocycles. The van der Waals surface area contributed by atoms with Gasteiger partial charge >= 0.3 is 5.97 Å². The van der Waals surface area contributed by atoms with Crippen LogP contribution in [0.15, 0.2) is 12.1 Å². The van der Waals surface area contributed by atoms with E-state index < -0.39 is 11.9 Å². The minimum absolute atomic E-state index is 0.431. The molecule has 0 amide bonds. The molecular weight excluding hydrogens is 226 g/mol. The fourth-order valence-corrected chi connectivity index (χ4v) is 2.70. The second-order valence-electron chi connectivity index (χ2n) is 4.91. The Morgan fingerprint density at radius 2 is 1.89 bits per heavy atom. The van der Waals surface area contributed by atoms with Crippen molar-refractivity contribution in [3.05, 3.63) is 34.5 Å². The number of fused-ring (bicyclic) bond motifs is 1. The van der Waals surface area contributed by atoms with E-state index in [9.17, 15) is 9.90 Å². The standard InChI is InChI=1S/C15H19NO2/c1-5-11(15(17)18)13-10(4)16-14-9(3)7-6-8(2)12(13)14/h6-7,11,16H,5H2,1-4H3,(H,17,18). The van der Waals surface area contributed by atoms with Gasteiger partial charge in [0.1, 0.15) is 0 Å². The normalized spacial score (nSPS) is 12.9. The van der Waals surface area contributed by atoms with Gasteiger partial charge in [-0.1, -0.05) is 19.1 Å². The lowest BCUT2D eigenvalue weighted by Crippen LogP contribution is -2.11. The van der Waals surface area contributed by atoms with Crippen molar-refractivity contribution in [1.29, 1.82) is 0 Å². The number of carboxylic acid groups (broad SMARTS) is 1. The van der Waals surface area contributed by atoms with Crippen LogP contribution in [0.3, 0.4) is 0 Å². The number of nitrogens with one attached hydrogen (secondary N) is 1. The second kappa shape index (κ2) is 4.48. The van der Waals surface area contributed by atoms with Crippen LogP contribution < -0.4 is 0 Å². The summed E-state index contributed by atoms with van der Waals surface area (Å²) in [6.07, 6.45) is 0.608. The van der Waals surface area contributed by atoms with Crippen molar-refractivity contribution in [3.63, 3.8) is 0 Å². The summed E-state index contributed by atoms with van der Waals surface area (Å²) in [7, 11) is 0. The number of aryl methyl sites for hydroxylation is 3. The predicted octanol–water partition coefficient (Wildman–Crippen LogP) is 3.67. The van der Waals surface area contributed by atoms with Crippen LogP contribution in [0.1, 0.15) is 41.6 Å². The van der Waals surface area contributed by atoms with E-state index in [1.165, 1.54) is 0 Å². The van der Waals surface area contributed by atoms with Crippen molar-refractivity contribution in [2.24, 2.45) is 0 Å². The Bertz CT molecular complexity index is 610. The molecule has 2 aromatic rings. The van der Waals surface area contributed by atoms with Gasteiger partial charge < -0.3 is 10.1 Å². The quantitative estimate of drug-likeness (QED) is 0.866. The maximum absolute atomic E-state index is 11.4. The van der Waals surface area contributed by atoms with E-state index in [0.717, 1.165) is 33.3 Å². The SMILES string of the molecule is CCC(C(=O)O)c1c(C)[nH]c2c(C)ccc(C)c12. The van der Waals surface area contributed by atoms with Crippen LogP contribution in [0.2, 0.25) is 0 Å². The summed E-state index contributed by atoms with van der Waals surface area (Å²) in [6, 6.07) is 4.13. The van der Waals surface area contributed by atoms with Gasteiger partial charge in [0.05, 0.1) is 5.92 Å². The lowest BCUT2D eigenvalue weighted by atomic mass is 9.91. The summed E-state index contributed by atoms with van der Waals surface area (Å²) < 4.78 is 0. The lowest BCUT2D eigenvalue weighted by molar-refractivity contribution is -0.138. The molecule has 1 heterocycles. The van der Waals surface area contributed by atoms with Crippen LogP contribution >= 0.6 is 0 Å². The van der Waals surface area contributed by atoms with Crippen molar-refractivity contribution in [2.45, 2.75) is 40.0 Å². The third-order valence-corrected chi connectivity index (χ3v) is 3.66. The first kappa shape index (κ1) is 12.7. The minimum Gasteiger partial charge on any atom is -0.481 e. The van der Waals surface area contributed by atoms with Crippen molar-refractivity contribution in [2.75, 3.05) is 0 Å². The second-order valence-corrected chi connectivity index (χ2v) is 4.91. The monoisotopic (exact) mass is 245 g/mol. The number of aliphatic carboxylic acids is 1. The first-order chi connectivity index (χ1) is 8.47. The number of carboxylic acids is 1. The molecule has 1 unspecified atom stereocenters. The molecule has 1 atom stereocenters. The summed E-state index contributed by atoms with van der Waals surface area (Å²) in [5, 5.41) is 10.5. The molecular formula is C15H19NO2. The van der Waals surface area contributed by atoms with E-state index in [0.29, 0.717) is 6.42 Å². The molecule has 0 radical (unpaired) electrons. The fourth-order valence-electron chi connectivity index (χ4n) is 2.70. The number of aromatic amines is 1. The van der Waals surface area contributed by atoms with Gasteiger partial charge in [-0.3, -0.25) is 4.79 Å². The molecule has 2 N–H and O–H groups in total. The third-order valence-electron chi connectivity index (χ3n) is 3.66. The first-order valence-electron chi connectivity index (χ1n) is 6.28. The molecule has 96 valence electrons. The number of benzene rings is 1. The minimum atomic E-state index is -0.748. The van der Waals surface area contributed by atoms with Crippen molar-refractivity contribution in [3.8, 4) is 0 Å². The number of rotatable bonds is 3. The smallest absolute Gasteiger partial charge is 0.311 e. The number of H-pyrrole nitrogens is 1. The van der Waals surface area contributed by atoms with Gasteiger partial charge in [-0.15, -0.1) is 0 Å². The Morgan fingerprint density at radius 1 is 1.28 bits per heavy atom. The molecule has 0 aliphatic rings. The lowest BCUT2D eigenvalue weighted by Gasteiger charge is -2.11. The summed E-state index contributed by atoms with van der Waals surface area (Å²) >= 11 is 0. The highest BCUT2D eigenvalue weighted by Crippen LogP contribution is 2.34. The maximum Gasteiger partial charge on any atom is 0.311 e. The molecule has 1 aromatic carbocycles. The molecule has 1 aromatic heterocycles. The van der Waals surface area contributed by atoms with E-state index in [1.807, 2.05) is 27.7 Å².